The monoisotopic (exact) mass is 290 g/mol. The Bertz CT molecular complexity index is 260. The molecule has 1 N–H and O–H groups in total. The van der Waals surface area contributed by atoms with E-state index in [-0.39, 0.29) is 11.9 Å². The van der Waals surface area contributed by atoms with Crippen LogP contribution in [-0.4, -0.2) is 74.9 Å². The van der Waals surface area contributed by atoms with Gasteiger partial charge in [0.05, 0.1) is 19.3 Å². The molecule has 0 aliphatic carbocycles. The van der Waals surface area contributed by atoms with Gasteiger partial charge in [-0.05, 0) is 6.92 Å². The van der Waals surface area contributed by atoms with Crippen molar-refractivity contribution in [2.45, 2.75) is 25.4 Å². The fraction of sp³-hybridized carbons (Fsp3) is 0.923. The molecule has 1 saturated heterocycles. The molecule has 2 unspecified atom stereocenters. The third kappa shape index (κ3) is 6.12. The van der Waals surface area contributed by atoms with E-state index in [1.165, 1.54) is 0 Å². The highest BCUT2D eigenvalue weighted by atomic mass is 32.2. The Morgan fingerprint density at radius 2 is 2.26 bits per heavy atom. The molecule has 1 heterocycles. The van der Waals surface area contributed by atoms with Gasteiger partial charge in [0.2, 0.25) is 5.91 Å². The first kappa shape index (κ1) is 16.8. The summed E-state index contributed by atoms with van der Waals surface area (Å²) in [6.45, 7) is 4.75. The highest BCUT2D eigenvalue weighted by Crippen LogP contribution is 2.13. The van der Waals surface area contributed by atoms with Gasteiger partial charge in [-0.25, -0.2) is 0 Å². The van der Waals surface area contributed by atoms with Crippen LogP contribution in [0.2, 0.25) is 0 Å². The van der Waals surface area contributed by atoms with Crippen LogP contribution in [0.4, 0.5) is 0 Å². The lowest BCUT2D eigenvalue weighted by molar-refractivity contribution is -0.135. The van der Waals surface area contributed by atoms with Crippen LogP contribution in [0.5, 0.6) is 0 Å². The standard InChI is InChI=1S/C13H26N2O3S/c1-11(9-18-3)15(5-6-17-2)13(16)8-12-10-19-7-4-14-12/h11-12,14H,4-10H2,1-3H3. The van der Waals surface area contributed by atoms with Crippen molar-refractivity contribution in [2.75, 3.05) is 52.0 Å². The molecule has 0 spiro atoms. The van der Waals surface area contributed by atoms with Gasteiger partial charge < -0.3 is 19.7 Å². The Balaban J connectivity index is 2.48. The van der Waals surface area contributed by atoms with E-state index in [1.54, 1.807) is 14.2 Å². The van der Waals surface area contributed by atoms with Crippen LogP contribution in [-0.2, 0) is 14.3 Å². The van der Waals surface area contributed by atoms with Gasteiger partial charge in [-0.2, -0.15) is 11.8 Å². The Morgan fingerprint density at radius 1 is 1.47 bits per heavy atom. The highest BCUT2D eigenvalue weighted by Gasteiger charge is 2.24. The van der Waals surface area contributed by atoms with Crippen LogP contribution >= 0.6 is 11.8 Å². The van der Waals surface area contributed by atoms with Gasteiger partial charge in [-0.15, -0.1) is 0 Å². The van der Waals surface area contributed by atoms with Gasteiger partial charge in [0, 0.05) is 51.3 Å². The molecule has 1 aliphatic rings. The minimum Gasteiger partial charge on any atom is -0.383 e. The summed E-state index contributed by atoms with van der Waals surface area (Å²) in [6.07, 6.45) is 0.560. The third-order valence-electron chi connectivity index (χ3n) is 3.22. The van der Waals surface area contributed by atoms with Gasteiger partial charge in [-0.1, -0.05) is 0 Å². The number of methoxy groups -OCH3 is 2. The second-order valence-electron chi connectivity index (χ2n) is 4.81. The minimum absolute atomic E-state index is 0.0869. The van der Waals surface area contributed by atoms with Crippen molar-refractivity contribution in [3.05, 3.63) is 0 Å². The van der Waals surface area contributed by atoms with Crippen LogP contribution < -0.4 is 5.32 Å². The quantitative estimate of drug-likeness (QED) is 0.709. The van der Waals surface area contributed by atoms with Crippen molar-refractivity contribution in [1.82, 2.24) is 10.2 Å². The van der Waals surface area contributed by atoms with Gasteiger partial charge in [0.15, 0.2) is 0 Å². The number of carbonyl (C=O) groups is 1. The van der Waals surface area contributed by atoms with Crippen LogP contribution in [0, 0.1) is 0 Å². The van der Waals surface area contributed by atoms with E-state index < -0.39 is 0 Å². The van der Waals surface area contributed by atoms with Crippen molar-refractivity contribution < 1.29 is 14.3 Å². The summed E-state index contributed by atoms with van der Waals surface area (Å²) >= 11 is 1.91. The number of nitrogens with one attached hydrogen (secondary N) is 1. The maximum atomic E-state index is 12.4. The molecule has 0 bridgehead atoms. The van der Waals surface area contributed by atoms with Gasteiger partial charge in [0.25, 0.3) is 0 Å². The molecule has 0 aromatic rings. The number of ether oxygens (including phenoxy) is 2. The number of hydrogen-bond acceptors (Lipinski definition) is 5. The summed E-state index contributed by atoms with van der Waals surface area (Å²) in [6, 6.07) is 0.384. The number of rotatable bonds is 8. The second kappa shape index (κ2) is 9.58. The van der Waals surface area contributed by atoms with Crippen LogP contribution in [0.3, 0.4) is 0 Å². The topological polar surface area (TPSA) is 50.8 Å². The average molecular weight is 290 g/mol. The molecular formula is C13H26N2O3S. The molecule has 1 amide bonds. The summed E-state index contributed by atoms with van der Waals surface area (Å²) < 4.78 is 10.2. The Morgan fingerprint density at radius 3 is 2.84 bits per heavy atom. The molecule has 0 radical (unpaired) electrons. The van der Waals surface area contributed by atoms with Crippen molar-refractivity contribution >= 4 is 17.7 Å². The van der Waals surface area contributed by atoms with Gasteiger partial charge in [-0.3, -0.25) is 4.79 Å². The van der Waals surface area contributed by atoms with Gasteiger partial charge in [0.1, 0.15) is 0 Å². The normalized spacial score (nSPS) is 21.1. The summed E-state index contributed by atoms with van der Waals surface area (Å²) in [5.74, 6) is 2.34. The summed E-state index contributed by atoms with van der Waals surface area (Å²) in [7, 11) is 3.32. The van der Waals surface area contributed by atoms with E-state index in [4.69, 9.17) is 9.47 Å². The van der Waals surface area contributed by atoms with Gasteiger partial charge >= 0.3 is 0 Å². The zero-order chi connectivity index (χ0) is 14.1. The molecule has 1 rings (SSSR count). The Kier molecular flexibility index (Phi) is 8.45. The molecule has 6 heteroatoms. The fourth-order valence-electron chi connectivity index (χ4n) is 2.19. The molecular weight excluding hydrogens is 264 g/mol. The average Bonchev–Trinajstić information content (AvgIpc) is 2.40. The molecule has 0 aromatic carbocycles. The smallest absolute Gasteiger partial charge is 0.224 e. The van der Waals surface area contributed by atoms with Crippen molar-refractivity contribution in [1.29, 1.82) is 0 Å². The Hall–Kier alpha value is -0.300. The molecule has 19 heavy (non-hydrogen) atoms. The second-order valence-corrected chi connectivity index (χ2v) is 5.96. The predicted octanol–water partition coefficient (Wildman–Crippen LogP) is 0.591. The fourth-order valence-corrected chi connectivity index (χ4v) is 3.14. The lowest BCUT2D eigenvalue weighted by Gasteiger charge is -2.31. The van der Waals surface area contributed by atoms with E-state index in [9.17, 15) is 4.79 Å². The molecule has 112 valence electrons. The summed E-state index contributed by atoms with van der Waals surface area (Å²) in [5.41, 5.74) is 0. The first-order chi connectivity index (χ1) is 9.19. The van der Waals surface area contributed by atoms with Crippen molar-refractivity contribution in [3.63, 3.8) is 0 Å². The third-order valence-corrected chi connectivity index (χ3v) is 4.35. The molecule has 0 saturated carbocycles. The molecule has 0 aromatic heterocycles. The van der Waals surface area contributed by atoms with E-state index in [2.05, 4.69) is 5.32 Å². The first-order valence-electron chi connectivity index (χ1n) is 6.77. The zero-order valence-corrected chi connectivity index (χ0v) is 13.0. The summed E-state index contributed by atoms with van der Waals surface area (Å²) in [5, 5.41) is 3.40. The number of carbonyl (C=O) groups excluding carboxylic acids is 1. The van der Waals surface area contributed by atoms with Crippen molar-refractivity contribution in [2.24, 2.45) is 0 Å². The van der Waals surface area contributed by atoms with E-state index in [1.807, 2.05) is 23.6 Å². The first-order valence-corrected chi connectivity index (χ1v) is 7.93. The minimum atomic E-state index is 0.0869. The van der Waals surface area contributed by atoms with Crippen LogP contribution in [0.15, 0.2) is 0 Å². The van der Waals surface area contributed by atoms with E-state index in [0.717, 1.165) is 18.1 Å². The van der Waals surface area contributed by atoms with E-state index in [0.29, 0.717) is 32.2 Å². The number of hydrogen-bond donors (Lipinski definition) is 1. The summed E-state index contributed by atoms with van der Waals surface area (Å²) in [4.78, 5) is 14.3. The SMILES string of the molecule is COCCN(C(=O)CC1CSCCN1)C(C)COC. The Labute approximate surface area is 120 Å². The van der Waals surface area contributed by atoms with Crippen LogP contribution in [0.25, 0.3) is 0 Å². The highest BCUT2D eigenvalue weighted by molar-refractivity contribution is 7.99. The maximum Gasteiger partial charge on any atom is 0.224 e. The zero-order valence-electron chi connectivity index (χ0n) is 12.2. The largest absolute Gasteiger partial charge is 0.383 e. The molecule has 1 aliphatic heterocycles. The number of thioether (sulfide) groups is 1. The number of nitrogens with zero attached hydrogens (tertiary/aromatic N) is 1. The maximum absolute atomic E-state index is 12.4. The van der Waals surface area contributed by atoms with E-state index >= 15 is 0 Å². The lowest BCUT2D eigenvalue weighted by Crippen LogP contribution is -2.47. The molecule has 1 fully saturated rings. The lowest BCUT2D eigenvalue weighted by atomic mass is 10.1. The molecule has 5 nitrogen and oxygen atoms in total. The number of amides is 1. The van der Waals surface area contributed by atoms with Crippen molar-refractivity contribution in [3.8, 4) is 0 Å². The predicted molar refractivity (Wildman–Crippen MR) is 78.7 cm³/mol. The molecule has 2 atom stereocenters. The van der Waals surface area contributed by atoms with Crippen LogP contribution in [0.1, 0.15) is 13.3 Å².